The van der Waals surface area contributed by atoms with E-state index in [-0.39, 0.29) is 32.6 Å². The first kappa shape index (κ1) is 45.0. The Kier molecular flexibility index (Phi) is 32.4. The summed E-state index contributed by atoms with van der Waals surface area (Å²) in [5.41, 5.74) is 5.32. The highest BCUT2D eigenvalue weighted by Gasteiger charge is 2.25. The van der Waals surface area contributed by atoms with Crippen LogP contribution in [0.2, 0.25) is 0 Å². The Morgan fingerprint density at radius 3 is 1.81 bits per heavy atom. The second kappa shape index (κ2) is 33.9. The molecule has 0 aliphatic rings. The van der Waals surface area contributed by atoms with Gasteiger partial charge in [0.15, 0.2) is 6.10 Å². The second-order valence-corrected chi connectivity index (χ2v) is 13.2. The molecule has 3 N–H and O–H groups in total. The molecule has 0 aliphatic heterocycles. The number of phosphoric ester groups is 1. The zero-order valence-electron chi connectivity index (χ0n) is 29.5. The van der Waals surface area contributed by atoms with Crippen LogP contribution in [-0.4, -0.2) is 49.3 Å². The fraction of sp³-hybridized carbons (Fsp3) is 0.730. The maximum absolute atomic E-state index is 12.5. The van der Waals surface area contributed by atoms with Gasteiger partial charge in [-0.25, -0.2) is 4.57 Å². The topological polar surface area (TPSA) is 134 Å². The summed E-state index contributed by atoms with van der Waals surface area (Å²) < 4.78 is 32.5. The molecule has 2 atom stereocenters. The summed E-state index contributed by atoms with van der Waals surface area (Å²) in [6, 6.07) is 0. The van der Waals surface area contributed by atoms with Gasteiger partial charge in [0.1, 0.15) is 6.61 Å². The van der Waals surface area contributed by atoms with Gasteiger partial charge in [-0.05, 0) is 57.8 Å². The Bertz CT molecular complexity index is 918. The van der Waals surface area contributed by atoms with Gasteiger partial charge in [-0.1, -0.05) is 120 Å². The molecular weight excluding hydrogens is 617 g/mol. The summed E-state index contributed by atoms with van der Waals surface area (Å²) in [6.45, 7) is 3.52. The number of esters is 2. The van der Waals surface area contributed by atoms with Crippen molar-refractivity contribution in [1.82, 2.24) is 0 Å². The maximum atomic E-state index is 12.5. The van der Waals surface area contributed by atoms with E-state index in [9.17, 15) is 19.0 Å². The third-order valence-corrected chi connectivity index (χ3v) is 8.24. The predicted molar refractivity (Wildman–Crippen MR) is 192 cm³/mol. The van der Waals surface area contributed by atoms with Crippen molar-refractivity contribution in [3.63, 3.8) is 0 Å². The highest BCUT2D eigenvalue weighted by molar-refractivity contribution is 7.47. The molecule has 0 amide bonds. The predicted octanol–water partition coefficient (Wildman–Crippen LogP) is 9.60. The molecular formula is C37H66NO8P. The van der Waals surface area contributed by atoms with Crippen molar-refractivity contribution in [2.75, 3.05) is 26.4 Å². The van der Waals surface area contributed by atoms with Crippen LogP contribution in [0.15, 0.2) is 48.6 Å². The minimum atomic E-state index is -4.38. The van der Waals surface area contributed by atoms with Crippen LogP contribution < -0.4 is 5.73 Å². The first-order valence-corrected chi connectivity index (χ1v) is 19.6. The minimum Gasteiger partial charge on any atom is -0.462 e. The summed E-state index contributed by atoms with van der Waals surface area (Å²) in [5, 5.41) is 0. The Hall–Kier alpha value is -2.03. The van der Waals surface area contributed by atoms with Crippen LogP contribution in [0, 0.1) is 0 Å². The van der Waals surface area contributed by atoms with E-state index < -0.39 is 32.5 Å². The lowest BCUT2D eigenvalue weighted by molar-refractivity contribution is -0.161. The number of allylic oxidation sites excluding steroid dienone is 8. The minimum absolute atomic E-state index is 0.0460. The molecule has 9 nitrogen and oxygen atoms in total. The molecule has 0 aromatic carbocycles. The molecule has 0 fully saturated rings. The SMILES string of the molecule is CC/C=C/C=C/C=C/CCCCCCCC(=O)OC(COC(=O)CCCCC/C=C/CCCCCCCC)COP(=O)(O)OCCN. The fourth-order valence-electron chi connectivity index (χ4n) is 4.57. The average molecular weight is 684 g/mol. The molecule has 0 aromatic heterocycles. The third-order valence-electron chi connectivity index (χ3n) is 7.26. The van der Waals surface area contributed by atoms with Crippen LogP contribution >= 0.6 is 7.82 Å². The smallest absolute Gasteiger partial charge is 0.462 e. The van der Waals surface area contributed by atoms with Gasteiger partial charge in [0.2, 0.25) is 0 Å². The summed E-state index contributed by atoms with van der Waals surface area (Å²) in [4.78, 5) is 34.6. The van der Waals surface area contributed by atoms with Gasteiger partial charge in [-0.15, -0.1) is 0 Å². The Morgan fingerprint density at radius 1 is 0.660 bits per heavy atom. The molecule has 0 rings (SSSR count). The number of carbonyl (C=O) groups is 2. The van der Waals surface area contributed by atoms with Gasteiger partial charge in [0, 0.05) is 19.4 Å². The number of hydrogen-bond acceptors (Lipinski definition) is 8. The first-order valence-electron chi connectivity index (χ1n) is 18.1. The van der Waals surface area contributed by atoms with Crippen LogP contribution in [0.3, 0.4) is 0 Å². The van der Waals surface area contributed by atoms with Gasteiger partial charge >= 0.3 is 19.8 Å². The highest BCUT2D eigenvalue weighted by atomic mass is 31.2. The molecule has 0 aromatic rings. The zero-order chi connectivity index (χ0) is 34.7. The van der Waals surface area contributed by atoms with Gasteiger partial charge < -0.3 is 20.1 Å². The Balaban J connectivity index is 4.32. The molecule has 0 aliphatic carbocycles. The number of hydrogen-bond donors (Lipinski definition) is 2. The quantitative estimate of drug-likeness (QED) is 0.0228. The van der Waals surface area contributed by atoms with Gasteiger partial charge in [0.25, 0.3) is 0 Å². The van der Waals surface area contributed by atoms with E-state index in [0.29, 0.717) is 12.8 Å². The molecule has 0 saturated heterocycles. The molecule has 47 heavy (non-hydrogen) atoms. The first-order chi connectivity index (χ1) is 22.8. The van der Waals surface area contributed by atoms with E-state index in [4.69, 9.17) is 24.3 Å². The molecule has 0 saturated carbocycles. The fourth-order valence-corrected chi connectivity index (χ4v) is 5.33. The van der Waals surface area contributed by atoms with E-state index in [0.717, 1.165) is 64.2 Å². The van der Waals surface area contributed by atoms with Gasteiger partial charge in [-0.2, -0.15) is 0 Å². The summed E-state index contributed by atoms with van der Waals surface area (Å²) in [7, 11) is -4.38. The summed E-state index contributed by atoms with van der Waals surface area (Å²) in [5.74, 6) is -0.878. The zero-order valence-corrected chi connectivity index (χ0v) is 30.4. The van der Waals surface area contributed by atoms with Crippen molar-refractivity contribution in [2.45, 2.75) is 148 Å². The third kappa shape index (κ3) is 33.7. The van der Waals surface area contributed by atoms with Crippen LogP contribution in [0.1, 0.15) is 142 Å². The van der Waals surface area contributed by atoms with Crippen LogP contribution in [0.25, 0.3) is 0 Å². The maximum Gasteiger partial charge on any atom is 0.472 e. The van der Waals surface area contributed by atoms with Crippen molar-refractivity contribution < 1.29 is 37.6 Å². The molecule has 0 spiro atoms. The number of phosphoric acid groups is 1. The van der Waals surface area contributed by atoms with E-state index in [1.165, 1.54) is 38.5 Å². The summed E-state index contributed by atoms with van der Waals surface area (Å²) >= 11 is 0. The average Bonchev–Trinajstić information content (AvgIpc) is 3.05. The number of carbonyl (C=O) groups excluding carboxylic acids is 2. The standard InChI is InChI=1S/C37H66NO8P/c1-3-5-7-9-11-13-15-17-19-21-23-25-27-29-36(39)43-33-35(34-45-47(41,42)44-32-31-38)46-37(40)30-28-26-24-22-20-18-16-14-12-10-8-6-4-2/h6,8,10,12,14,16-17,19,35H,3-5,7,9,11,13,15,18,20-34,38H2,1-2H3,(H,41,42)/b8-6+,12-10+,16-14+,19-17+. The number of unbranched alkanes of at least 4 members (excludes halogenated alkanes) is 14. The van der Waals surface area contributed by atoms with Gasteiger partial charge in [0.05, 0.1) is 13.2 Å². The molecule has 2 unspecified atom stereocenters. The lowest BCUT2D eigenvalue weighted by Gasteiger charge is -2.19. The molecule has 0 bridgehead atoms. The number of rotatable bonds is 33. The van der Waals surface area contributed by atoms with Crippen LogP contribution in [-0.2, 0) is 32.7 Å². The van der Waals surface area contributed by atoms with E-state index in [2.05, 4.69) is 44.2 Å². The number of nitrogens with two attached hydrogens (primary N) is 1. The van der Waals surface area contributed by atoms with E-state index in [1.54, 1.807) is 0 Å². The van der Waals surface area contributed by atoms with Crippen molar-refractivity contribution >= 4 is 19.8 Å². The van der Waals surface area contributed by atoms with Crippen molar-refractivity contribution in [3.8, 4) is 0 Å². The molecule has 272 valence electrons. The van der Waals surface area contributed by atoms with Gasteiger partial charge in [-0.3, -0.25) is 18.6 Å². The normalized spacial score (nSPS) is 14.0. The Morgan fingerprint density at radius 2 is 1.19 bits per heavy atom. The molecule has 10 heteroatoms. The lowest BCUT2D eigenvalue weighted by atomic mass is 10.1. The molecule has 0 heterocycles. The second-order valence-electron chi connectivity index (χ2n) is 11.8. The number of ether oxygens (including phenoxy) is 2. The summed E-state index contributed by atoms with van der Waals surface area (Å²) in [6.07, 6.45) is 35.7. The highest BCUT2D eigenvalue weighted by Crippen LogP contribution is 2.43. The van der Waals surface area contributed by atoms with E-state index in [1.807, 2.05) is 18.2 Å². The van der Waals surface area contributed by atoms with E-state index >= 15 is 0 Å². The van der Waals surface area contributed by atoms with Crippen LogP contribution in [0.4, 0.5) is 0 Å². The van der Waals surface area contributed by atoms with Crippen molar-refractivity contribution in [2.24, 2.45) is 5.73 Å². The lowest BCUT2D eigenvalue weighted by Crippen LogP contribution is -2.29. The molecule has 0 radical (unpaired) electrons. The largest absolute Gasteiger partial charge is 0.472 e. The van der Waals surface area contributed by atoms with Crippen LogP contribution in [0.5, 0.6) is 0 Å². The van der Waals surface area contributed by atoms with Crippen molar-refractivity contribution in [1.29, 1.82) is 0 Å². The Labute approximate surface area is 286 Å². The van der Waals surface area contributed by atoms with Crippen molar-refractivity contribution in [3.05, 3.63) is 48.6 Å². The monoisotopic (exact) mass is 683 g/mol.